The van der Waals surface area contributed by atoms with E-state index in [2.05, 4.69) is 63.9 Å². The summed E-state index contributed by atoms with van der Waals surface area (Å²) in [5, 5.41) is 14.3. The van der Waals surface area contributed by atoms with Gasteiger partial charge in [-0.2, -0.15) is 0 Å². The molecule has 1 aliphatic carbocycles. The Balaban J connectivity index is 0.00000245. The molecule has 0 aliphatic heterocycles. The lowest BCUT2D eigenvalue weighted by molar-refractivity contribution is 0.300. The Morgan fingerprint density at radius 3 is 2.50 bits per heavy atom. The minimum atomic E-state index is 0. The second-order valence-corrected chi connectivity index (χ2v) is 7.88. The van der Waals surface area contributed by atoms with E-state index in [4.69, 9.17) is 9.72 Å². The number of halogens is 1. The van der Waals surface area contributed by atoms with E-state index in [1.807, 2.05) is 18.2 Å². The van der Waals surface area contributed by atoms with Crippen LogP contribution in [0, 0.1) is 0 Å². The van der Waals surface area contributed by atoms with Gasteiger partial charge in [0.1, 0.15) is 12.4 Å². The third-order valence-corrected chi connectivity index (χ3v) is 5.86. The number of nitrogens with zero attached hydrogens (tertiary/aromatic N) is 4. The molecular formula is C25H26ClN5O. The number of rotatable bonds is 6. The van der Waals surface area contributed by atoms with Gasteiger partial charge in [0.25, 0.3) is 0 Å². The average molecular weight is 448 g/mol. The Labute approximate surface area is 193 Å². The first-order valence-electron chi connectivity index (χ1n) is 10.9. The number of aryl methyl sites for hydroxylation is 2. The lowest BCUT2D eigenvalue weighted by Gasteiger charge is -2.20. The summed E-state index contributed by atoms with van der Waals surface area (Å²) in [6, 6.07) is 18.7. The maximum Gasteiger partial charge on any atom is 0.180 e. The van der Waals surface area contributed by atoms with Gasteiger partial charge in [0.15, 0.2) is 5.82 Å². The van der Waals surface area contributed by atoms with Gasteiger partial charge in [0.05, 0.1) is 0 Å². The minimum Gasteiger partial charge on any atom is -0.488 e. The number of ether oxygens (including phenoxy) is 1. The normalized spacial score (nSPS) is 12.7. The molecule has 2 aromatic carbocycles. The summed E-state index contributed by atoms with van der Waals surface area (Å²) in [6.07, 6.45) is 5.49. The van der Waals surface area contributed by atoms with Crippen molar-refractivity contribution in [1.29, 1.82) is 0 Å². The van der Waals surface area contributed by atoms with Crippen LogP contribution in [0.3, 0.4) is 0 Å². The fourth-order valence-electron chi connectivity index (χ4n) is 4.19. The second kappa shape index (κ2) is 9.92. The molecule has 2 heterocycles. The summed E-state index contributed by atoms with van der Waals surface area (Å²) < 4.78 is 6.29. The van der Waals surface area contributed by atoms with Crippen LogP contribution >= 0.6 is 12.4 Å². The molecule has 5 rings (SSSR count). The molecule has 0 amide bonds. The van der Waals surface area contributed by atoms with Gasteiger partial charge in [-0.3, -0.25) is 4.98 Å². The summed E-state index contributed by atoms with van der Waals surface area (Å²) >= 11 is 0. The van der Waals surface area contributed by atoms with Crippen LogP contribution in [-0.2, 0) is 25.9 Å². The van der Waals surface area contributed by atoms with Crippen LogP contribution in [-0.4, -0.2) is 25.6 Å². The van der Waals surface area contributed by atoms with Crippen LogP contribution in [0.15, 0.2) is 54.6 Å². The van der Waals surface area contributed by atoms with Gasteiger partial charge in [0.2, 0.25) is 0 Å². The van der Waals surface area contributed by atoms with Crippen LogP contribution in [0.25, 0.3) is 22.5 Å². The summed E-state index contributed by atoms with van der Waals surface area (Å²) in [7, 11) is 0. The summed E-state index contributed by atoms with van der Waals surface area (Å²) in [4.78, 5) is 4.83. The Morgan fingerprint density at radius 2 is 1.75 bits per heavy atom. The number of aromatic amines is 1. The van der Waals surface area contributed by atoms with Crippen molar-refractivity contribution in [2.75, 3.05) is 0 Å². The molecule has 7 heteroatoms. The van der Waals surface area contributed by atoms with Crippen molar-refractivity contribution in [2.45, 2.75) is 45.6 Å². The third kappa shape index (κ3) is 4.50. The number of aromatic nitrogens is 5. The van der Waals surface area contributed by atoms with Crippen molar-refractivity contribution in [3.8, 4) is 28.3 Å². The number of fused-ring (bicyclic) bond motifs is 1. The van der Waals surface area contributed by atoms with Crippen LogP contribution < -0.4 is 4.74 Å². The van der Waals surface area contributed by atoms with Gasteiger partial charge in [-0.25, -0.2) is 5.10 Å². The van der Waals surface area contributed by atoms with E-state index in [-0.39, 0.29) is 12.4 Å². The van der Waals surface area contributed by atoms with Crippen LogP contribution in [0.1, 0.15) is 42.3 Å². The molecule has 0 unspecified atom stereocenters. The first-order chi connectivity index (χ1) is 15.3. The van der Waals surface area contributed by atoms with Gasteiger partial charge in [-0.05, 0) is 59.2 Å². The van der Waals surface area contributed by atoms with E-state index in [1.54, 1.807) is 0 Å². The first kappa shape index (κ1) is 22.0. The minimum absolute atomic E-state index is 0. The Kier molecular flexibility index (Phi) is 6.81. The van der Waals surface area contributed by atoms with Gasteiger partial charge >= 0.3 is 0 Å². The number of H-pyrrole nitrogens is 1. The fourth-order valence-corrected chi connectivity index (χ4v) is 4.19. The molecular weight excluding hydrogens is 422 g/mol. The molecule has 4 aromatic rings. The van der Waals surface area contributed by atoms with Crippen molar-refractivity contribution < 1.29 is 4.74 Å². The average Bonchev–Trinajstić information content (AvgIpc) is 3.37. The third-order valence-electron chi connectivity index (χ3n) is 5.86. The van der Waals surface area contributed by atoms with E-state index in [0.717, 1.165) is 53.0 Å². The Hall–Kier alpha value is -3.25. The predicted molar refractivity (Wildman–Crippen MR) is 127 cm³/mol. The SMILES string of the molecule is CCc1cc(OCc2ccc(-c3ccccc3-c3nnn[nH]3)cc2)c2c(n1)CCCC2.Cl. The molecule has 1 N–H and O–H groups in total. The first-order valence-corrected chi connectivity index (χ1v) is 10.9. The molecule has 164 valence electrons. The number of benzene rings is 2. The maximum atomic E-state index is 6.29. The van der Waals surface area contributed by atoms with E-state index in [1.165, 1.54) is 24.1 Å². The van der Waals surface area contributed by atoms with Gasteiger partial charge in [-0.1, -0.05) is 55.5 Å². The number of hydrogen-bond donors (Lipinski definition) is 1. The van der Waals surface area contributed by atoms with Crippen LogP contribution in [0.5, 0.6) is 5.75 Å². The van der Waals surface area contributed by atoms with Crippen molar-refractivity contribution in [2.24, 2.45) is 0 Å². The van der Waals surface area contributed by atoms with Crippen molar-refractivity contribution in [1.82, 2.24) is 25.6 Å². The van der Waals surface area contributed by atoms with Gasteiger partial charge in [0, 0.05) is 28.6 Å². The number of nitrogens with one attached hydrogen (secondary N) is 1. The lowest BCUT2D eigenvalue weighted by Crippen LogP contribution is -2.10. The highest BCUT2D eigenvalue weighted by molar-refractivity contribution is 5.85. The molecule has 0 saturated heterocycles. The largest absolute Gasteiger partial charge is 0.488 e. The highest BCUT2D eigenvalue weighted by Gasteiger charge is 2.17. The topological polar surface area (TPSA) is 76.6 Å². The molecule has 0 saturated carbocycles. The predicted octanol–water partition coefficient (Wildman–Crippen LogP) is 5.37. The molecule has 0 spiro atoms. The van der Waals surface area contributed by atoms with Crippen molar-refractivity contribution in [3.63, 3.8) is 0 Å². The molecule has 0 bridgehead atoms. The maximum absolute atomic E-state index is 6.29. The standard InChI is InChI=1S/C25H25N5O.ClH/c1-2-19-15-24(22-9-5-6-10-23(22)26-19)31-16-17-11-13-18(14-12-17)20-7-3-4-8-21(20)25-27-29-30-28-25;/h3-4,7-8,11-15H,2,5-6,9-10,16H2,1H3,(H,27,28,29,30);1H. The molecule has 0 radical (unpaired) electrons. The highest BCUT2D eigenvalue weighted by Crippen LogP contribution is 2.32. The lowest BCUT2D eigenvalue weighted by atomic mass is 9.94. The Morgan fingerprint density at radius 1 is 0.969 bits per heavy atom. The van der Waals surface area contributed by atoms with Crippen molar-refractivity contribution >= 4 is 12.4 Å². The van der Waals surface area contributed by atoms with E-state index in [0.29, 0.717) is 12.4 Å². The monoisotopic (exact) mass is 447 g/mol. The zero-order valence-corrected chi connectivity index (χ0v) is 18.9. The molecule has 32 heavy (non-hydrogen) atoms. The van der Waals surface area contributed by atoms with Gasteiger partial charge in [-0.15, -0.1) is 17.5 Å². The van der Waals surface area contributed by atoms with Crippen molar-refractivity contribution in [3.05, 3.63) is 77.1 Å². The molecule has 1 aliphatic rings. The number of tetrazole rings is 1. The smallest absolute Gasteiger partial charge is 0.180 e. The fraction of sp³-hybridized carbons (Fsp3) is 0.280. The second-order valence-electron chi connectivity index (χ2n) is 7.88. The van der Waals surface area contributed by atoms with Gasteiger partial charge < -0.3 is 4.74 Å². The zero-order chi connectivity index (χ0) is 21.0. The zero-order valence-electron chi connectivity index (χ0n) is 18.0. The van der Waals surface area contributed by atoms with E-state index < -0.39 is 0 Å². The summed E-state index contributed by atoms with van der Waals surface area (Å²) in [5.41, 5.74) is 7.97. The van der Waals surface area contributed by atoms with Crippen LogP contribution in [0.2, 0.25) is 0 Å². The molecule has 0 atom stereocenters. The molecule has 2 aromatic heterocycles. The number of hydrogen-bond acceptors (Lipinski definition) is 5. The number of pyridine rings is 1. The van der Waals surface area contributed by atoms with Crippen LogP contribution in [0.4, 0.5) is 0 Å². The summed E-state index contributed by atoms with van der Waals surface area (Å²) in [6.45, 7) is 2.69. The molecule has 6 nitrogen and oxygen atoms in total. The quantitative estimate of drug-likeness (QED) is 0.430. The van der Waals surface area contributed by atoms with E-state index in [9.17, 15) is 0 Å². The highest BCUT2D eigenvalue weighted by atomic mass is 35.5. The Bertz CT molecular complexity index is 1180. The summed E-state index contributed by atoms with van der Waals surface area (Å²) in [5.74, 6) is 1.67. The molecule has 0 fully saturated rings. The van der Waals surface area contributed by atoms with E-state index >= 15 is 0 Å².